The van der Waals surface area contributed by atoms with Crippen LogP contribution in [0.3, 0.4) is 0 Å². The van der Waals surface area contributed by atoms with Crippen LogP contribution in [0.15, 0.2) is 34.2 Å². The molecule has 0 bridgehead atoms. The molecule has 2 heterocycles. The van der Waals surface area contributed by atoms with Gasteiger partial charge in [0.2, 0.25) is 10.0 Å². The van der Waals surface area contributed by atoms with Gasteiger partial charge in [-0.05, 0) is 42.2 Å². The average Bonchev–Trinajstić information content (AvgIpc) is 2.59. The average molecular weight is 383 g/mol. The Labute approximate surface area is 149 Å². The van der Waals surface area contributed by atoms with Crippen LogP contribution in [-0.4, -0.2) is 61.5 Å². The summed E-state index contributed by atoms with van der Waals surface area (Å²) in [5.74, 6) is -1.47. The van der Waals surface area contributed by atoms with Crippen molar-refractivity contribution < 1.29 is 27.5 Å². The highest BCUT2D eigenvalue weighted by Gasteiger charge is 2.30. The molecule has 0 atom stereocenters. The Balaban J connectivity index is 1.78. The van der Waals surface area contributed by atoms with E-state index in [0.717, 1.165) is 29.3 Å². The lowest BCUT2D eigenvalue weighted by molar-refractivity contribution is 0.0748. The first-order valence-electron chi connectivity index (χ1n) is 7.96. The van der Waals surface area contributed by atoms with Gasteiger partial charge in [0.15, 0.2) is 0 Å². The van der Waals surface area contributed by atoms with Crippen molar-refractivity contribution in [1.82, 2.24) is 9.80 Å². The van der Waals surface area contributed by atoms with Gasteiger partial charge in [0, 0.05) is 26.2 Å². The highest BCUT2D eigenvalue weighted by Crippen LogP contribution is 2.27. The van der Waals surface area contributed by atoms with Crippen LogP contribution in [-0.2, 0) is 10.0 Å². The molecule has 2 amide bonds. The van der Waals surface area contributed by atoms with E-state index in [4.69, 9.17) is 10.2 Å². The fourth-order valence-electron chi connectivity index (χ4n) is 3.25. The Hall–Kier alpha value is -2.46. The number of primary sulfonamides is 1. The molecule has 3 rings (SSSR count). The van der Waals surface area contributed by atoms with Crippen LogP contribution in [0.1, 0.15) is 23.2 Å². The summed E-state index contributed by atoms with van der Waals surface area (Å²) in [6, 6.07) is 2.96. The van der Waals surface area contributed by atoms with Crippen LogP contribution >= 0.6 is 0 Å². The number of benzene rings is 1. The van der Waals surface area contributed by atoms with Gasteiger partial charge >= 0.3 is 6.09 Å². The molecule has 8 nitrogen and oxygen atoms in total. The highest BCUT2D eigenvalue weighted by atomic mass is 32.2. The number of sulfonamides is 1. The van der Waals surface area contributed by atoms with Gasteiger partial charge in [0.1, 0.15) is 5.82 Å². The lowest BCUT2D eigenvalue weighted by atomic mass is 9.93. The summed E-state index contributed by atoms with van der Waals surface area (Å²) in [7, 11) is -4.05. The van der Waals surface area contributed by atoms with Crippen molar-refractivity contribution in [1.29, 1.82) is 0 Å². The SMILES string of the molecule is NS(=O)(=O)c1ccc(C(=O)N2CCC3=C(CCN(C(=O)O)C3)C2)c(F)c1. The van der Waals surface area contributed by atoms with Crippen molar-refractivity contribution >= 4 is 22.0 Å². The van der Waals surface area contributed by atoms with Gasteiger partial charge in [-0.15, -0.1) is 0 Å². The van der Waals surface area contributed by atoms with Crippen LogP contribution in [0.25, 0.3) is 0 Å². The summed E-state index contributed by atoms with van der Waals surface area (Å²) < 4.78 is 36.7. The number of nitrogens with zero attached hydrogens (tertiary/aromatic N) is 2. The Kier molecular flexibility index (Phi) is 4.72. The summed E-state index contributed by atoms with van der Waals surface area (Å²) in [5.41, 5.74) is 1.79. The smallest absolute Gasteiger partial charge is 0.407 e. The lowest BCUT2D eigenvalue weighted by Crippen LogP contribution is -2.43. The van der Waals surface area contributed by atoms with E-state index < -0.39 is 32.7 Å². The van der Waals surface area contributed by atoms with E-state index >= 15 is 0 Å². The standard InChI is InChI=1S/C16H18FN3O5S/c17-14-7-12(26(18,24)25)1-2-13(14)15(21)19-5-3-11-9-20(16(22)23)6-4-10(11)8-19/h1-2,7H,3-6,8-9H2,(H,22,23)(H2,18,24,25). The summed E-state index contributed by atoms with van der Waals surface area (Å²) >= 11 is 0. The number of carboxylic acid groups (broad SMARTS) is 1. The van der Waals surface area contributed by atoms with Gasteiger partial charge in [0.25, 0.3) is 5.91 Å². The minimum atomic E-state index is -4.05. The molecule has 2 aliphatic heterocycles. The fraction of sp³-hybridized carbons (Fsp3) is 0.375. The molecule has 0 aromatic heterocycles. The predicted molar refractivity (Wildman–Crippen MR) is 89.5 cm³/mol. The maximum absolute atomic E-state index is 14.2. The van der Waals surface area contributed by atoms with Crippen molar-refractivity contribution in [3.05, 3.63) is 40.7 Å². The Morgan fingerprint density at radius 3 is 2.19 bits per heavy atom. The number of hydrogen-bond donors (Lipinski definition) is 2. The van der Waals surface area contributed by atoms with Crippen LogP contribution in [0.4, 0.5) is 9.18 Å². The molecule has 10 heteroatoms. The van der Waals surface area contributed by atoms with Gasteiger partial charge < -0.3 is 14.9 Å². The topological polar surface area (TPSA) is 121 Å². The van der Waals surface area contributed by atoms with Gasteiger partial charge in [-0.2, -0.15) is 0 Å². The zero-order chi connectivity index (χ0) is 19.1. The molecular weight excluding hydrogens is 365 g/mol. The number of halogens is 1. The van der Waals surface area contributed by atoms with Crippen molar-refractivity contribution in [3.63, 3.8) is 0 Å². The highest BCUT2D eigenvalue weighted by molar-refractivity contribution is 7.89. The molecular formula is C16H18FN3O5S. The molecule has 140 valence electrons. The molecule has 2 aliphatic rings. The minimum Gasteiger partial charge on any atom is -0.465 e. The zero-order valence-electron chi connectivity index (χ0n) is 13.8. The summed E-state index contributed by atoms with van der Waals surface area (Å²) in [4.78, 5) is 26.1. The molecule has 0 fully saturated rings. The normalized spacial score (nSPS) is 17.9. The Morgan fingerprint density at radius 1 is 1.08 bits per heavy atom. The number of nitrogens with two attached hydrogens (primary N) is 1. The Morgan fingerprint density at radius 2 is 1.65 bits per heavy atom. The molecule has 0 saturated carbocycles. The monoisotopic (exact) mass is 383 g/mol. The number of carbonyl (C=O) groups excluding carboxylic acids is 1. The molecule has 1 aromatic carbocycles. The second kappa shape index (κ2) is 6.69. The lowest BCUT2D eigenvalue weighted by Gasteiger charge is -2.36. The number of carbonyl (C=O) groups is 2. The Bertz CT molecular complexity index is 912. The van der Waals surface area contributed by atoms with E-state index in [0.29, 0.717) is 39.0 Å². The quantitative estimate of drug-likeness (QED) is 0.738. The van der Waals surface area contributed by atoms with Gasteiger partial charge in [-0.1, -0.05) is 0 Å². The second-order valence-corrected chi connectivity index (χ2v) is 7.89. The number of amides is 2. The summed E-state index contributed by atoms with van der Waals surface area (Å²) in [6.07, 6.45) is 0.104. The van der Waals surface area contributed by atoms with E-state index in [9.17, 15) is 22.4 Å². The maximum atomic E-state index is 14.2. The van der Waals surface area contributed by atoms with E-state index in [1.165, 1.54) is 9.80 Å². The number of hydrogen-bond acceptors (Lipinski definition) is 4. The van der Waals surface area contributed by atoms with Crippen LogP contribution in [0, 0.1) is 5.82 Å². The fourth-order valence-corrected chi connectivity index (χ4v) is 3.77. The zero-order valence-corrected chi connectivity index (χ0v) is 14.6. The van der Waals surface area contributed by atoms with Crippen LogP contribution in [0.5, 0.6) is 0 Å². The molecule has 0 radical (unpaired) electrons. The van der Waals surface area contributed by atoms with Crippen molar-refractivity contribution in [2.75, 3.05) is 26.2 Å². The maximum Gasteiger partial charge on any atom is 0.407 e. The number of rotatable bonds is 2. The van der Waals surface area contributed by atoms with Gasteiger partial charge in [-0.3, -0.25) is 4.79 Å². The first-order valence-corrected chi connectivity index (χ1v) is 9.50. The molecule has 26 heavy (non-hydrogen) atoms. The third-order valence-corrected chi connectivity index (χ3v) is 5.60. The molecule has 3 N–H and O–H groups in total. The van der Waals surface area contributed by atoms with Crippen molar-refractivity contribution in [2.24, 2.45) is 5.14 Å². The first-order chi connectivity index (χ1) is 12.2. The van der Waals surface area contributed by atoms with Crippen molar-refractivity contribution in [3.8, 4) is 0 Å². The molecule has 1 aromatic rings. The van der Waals surface area contributed by atoms with Crippen molar-refractivity contribution in [2.45, 2.75) is 17.7 Å². The van der Waals surface area contributed by atoms with Gasteiger partial charge in [-0.25, -0.2) is 22.7 Å². The summed E-state index contributed by atoms with van der Waals surface area (Å²) in [5, 5.41) is 14.0. The molecule has 0 saturated heterocycles. The van der Waals surface area contributed by atoms with Crippen LogP contribution in [0.2, 0.25) is 0 Å². The largest absolute Gasteiger partial charge is 0.465 e. The van der Waals surface area contributed by atoms with E-state index in [-0.39, 0.29) is 5.56 Å². The van der Waals surface area contributed by atoms with E-state index in [2.05, 4.69) is 0 Å². The second-order valence-electron chi connectivity index (χ2n) is 6.32. The minimum absolute atomic E-state index is 0.218. The first kappa shape index (κ1) is 18.3. The molecule has 0 spiro atoms. The summed E-state index contributed by atoms with van der Waals surface area (Å²) in [6.45, 7) is 1.37. The van der Waals surface area contributed by atoms with Gasteiger partial charge in [0.05, 0.1) is 10.5 Å². The predicted octanol–water partition coefficient (Wildman–Crippen LogP) is 0.999. The van der Waals surface area contributed by atoms with E-state index in [1.54, 1.807) is 0 Å². The van der Waals surface area contributed by atoms with Crippen LogP contribution < -0.4 is 5.14 Å². The molecule has 0 aliphatic carbocycles. The van der Waals surface area contributed by atoms with E-state index in [1.807, 2.05) is 0 Å². The third-order valence-electron chi connectivity index (χ3n) is 4.69. The third kappa shape index (κ3) is 3.56. The molecule has 0 unspecified atom stereocenters.